The number of aliphatic carboxylic acids is 1. The Bertz CT molecular complexity index is 1330. The number of aromatic amines is 1. The molecule has 31 heavy (non-hydrogen) atoms. The first kappa shape index (κ1) is 18.9. The van der Waals surface area contributed by atoms with Crippen molar-refractivity contribution in [2.45, 2.75) is 18.9 Å². The highest BCUT2D eigenvalue weighted by Crippen LogP contribution is 2.38. The molecule has 2 aromatic carbocycles. The van der Waals surface area contributed by atoms with Crippen molar-refractivity contribution in [3.8, 4) is 22.8 Å². The van der Waals surface area contributed by atoms with Crippen molar-refractivity contribution >= 4 is 11.6 Å². The van der Waals surface area contributed by atoms with Crippen LogP contribution in [0, 0.1) is 0 Å². The lowest BCUT2D eigenvalue weighted by molar-refractivity contribution is -0.137. The highest BCUT2D eigenvalue weighted by molar-refractivity contribution is 5.69. The number of carbonyl (C=O) groups is 1. The molecule has 0 spiro atoms. The molecule has 156 valence electrons. The largest absolute Gasteiger partial charge is 0.492 e. The Hall–Kier alpha value is -4.07. The molecule has 8 nitrogen and oxygen atoms in total. The van der Waals surface area contributed by atoms with Crippen LogP contribution in [0.3, 0.4) is 0 Å². The third-order valence-corrected chi connectivity index (χ3v) is 5.27. The molecule has 1 aliphatic rings. The SMILES string of the molecule is O=C(O)CC1COc2cc(OCc3cc(=O)[nH]c4cc(-c5ccccc5)nn34)ccc21. The number of nitrogens with one attached hydrogen (secondary N) is 1. The number of benzene rings is 2. The zero-order valence-corrected chi connectivity index (χ0v) is 16.4. The summed E-state index contributed by atoms with van der Waals surface area (Å²) in [5.74, 6) is 0.187. The average molecular weight is 417 g/mol. The van der Waals surface area contributed by atoms with E-state index >= 15 is 0 Å². The second-order valence-corrected chi connectivity index (χ2v) is 7.41. The standard InChI is InChI=1S/C23H19N3O5/c27-22-9-16(26-21(24-22)11-19(25-26)14-4-2-1-3-5-14)13-30-17-6-7-18-15(8-23(28)29)12-31-20(18)10-17/h1-7,9-11,15H,8,12-13H2,(H,24,27)(H,28,29). The maximum absolute atomic E-state index is 12.1. The lowest BCUT2D eigenvalue weighted by Gasteiger charge is -2.09. The van der Waals surface area contributed by atoms with E-state index in [9.17, 15) is 9.59 Å². The van der Waals surface area contributed by atoms with E-state index in [4.69, 9.17) is 14.6 Å². The summed E-state index contributed by atoms with van der Waals surface area (Å²) in [6, 6.07) is 18.4. The number of nitrogens with zero attached hydrogens (tertiary/aromatic N) is 2. The van der Waals surface area contributed by atoms with Crippen molar-refractivity contribution in [2.24, 2.45) is 0 Å². The molecule has 0 aliphatic carbocycles. The van der Waals surface area contributed by atoms with Gasteiger partial charge in [-0.25, -0.2) is 4.52 Å². The number of carboxylic acid groups (broad SMARTS) is 1. The molecule has 1 unspecified atom stereocenters. The van der Waals surface area contributed by atoms with Crippen molar-refractivity contribution in [3.05, 3.63) is 82.3 Å². The average Bonchev–Trinajstić information content (AvgIpc) is 3.36. The van der Waals surface area contributed by atoms with Crippen LogP contribution in [0.15, 0.2) is 65.5 Å². The highest BCUT2D eigenvalue weighted by Gasteiger charge is 2.26. The first-order valence-corrected chi connectivity index (χ1v) is 9.85. The molecule has 8 heteroatoms. The molecule has 1 aliphatic heterocycles. The van der Waals surface area contributed by atoms with Crippen LogP contribution in [0.25, 0.3) is 16.9 Å². The van der Waals surface area contributed by atoms with E-state index in [0.717, 1.165) is 16.8 Å². The van der Waals surface area contributed by atoms with Crippen LogP contribution in [0.1, 0.15) is 23.6 Å². The van der Waals surface area contributed by atoms with Gasteiger partial charge in [0, 0.05) is 35.2 Å². The first-order valence-electron chi connectivity index (χ1n) is 9.85. The molecule has 4 aromatic rings. The number of carboxylic acids is 1. The van der Waals surface area contributed by atoms with Crippen molar-refractivity contribution in [2.75, 3.05) is 6.61 Å². The van der Waals surface area contributed by atoms with Crippen LogP contribution in [-0.2, 0) is 11.4 Å². The normalized spacial score (nSPS) is 14.9. The number of aromatic nitrogens is 3. The van der Waals surface area contributed by atoms with E-state index in [1.54, 1.807) is 16.6 Å². The molecule has 1 atom stereocenters. The van der Waals surface area contributed by atoms with Gasteiger partial charge in [-0.05, 0) is 6.07 Å². The van der Waals surface area contributed by atoms with E-state index in [0.29, 0.717) is 29.4 Å². The van der Waals surface area contributed by atoms with Gasteiger partial charge in [0.15, 0.2) is 0 Å². The van der Waals surface area contributed by atoms with Gasteiger partial charge in [0.05, 0.1) is 24.4 Å². The molecule has 0 saturated carbocycles. The van der Waals surface area contributed by atoms with Crippen LogP contribution in [0.2, 0.25) is 0 Å². The fourth-order valence-electron chi connectivity index (χ4n) is 3.80. The van der Waals surface area contributed by atoms with Crippen LogP contribution in [0.5, 0.6) is 11.5 Å². The van der Waals surface area contributed by atoms with Gasteiger partial charge in [-0.1, -0.05) is 36.4 Å². The number of H-pyrrole nitrogens is 1. The summed E-state index contributed by atoms with van der Waals surface area (Å²) in [6.07, 6.45) is 0.0288. The number of hydrogen-bond donors (Lipinski definition) is 2. The lowest BCUT2D eigenvalue weighted by atomic mass is 9.98. The lowest BCUT2D eigenvalue weighted by Crippen LogP contribution is -2.13. The number of rotatable bonds is 6. The van der Waals surface area contributed by atoms with Gasteiger partial charge in [0.2, 0.25) is 0 Å². The third-order valence-electron chi connectivity index (χ3n) is 5.27. The third kappa shape index (κ3) is 3.75. The number of ether oxygens (including phenoxy) is 2. The van der Waals surface area contributed by atoms with Crippen LogP contribution in [-0.4, -0.2) is 32.3 Å². The van der Waals surface area contributed by atoms with Crippen LogP contribution < -0.4 is 15.0 Å². The molecule has 0 amide bonds. The Morgan fingerprint density at radius 3 is 2.84 bits per heavy atom. The Kier molecular flexibility index (Phi) is 4.66. The van der Waals surface area contributed by atoms with Crippen LogP contribution >= 0.6 is 0 Å². The fraction of sp³-hybridized carbons (Fsp3) is 0.174. The summed E-state index contributed by atoms with van der Waals surface area (Å²) < 4.78 is 13.2. The molecular formula is C23H19N3O5. The topological polar surface area (TPSA) is 106 Å². The molecule has 2 aromatic heterocycles. The zero-order valence-electron chi connectivity index (χ0n) is 16.4. The number of fused-ring (bicyclic) bond motifs is 2. The molecule has 0 bridgehead atoms. The summed E-state index contributed by atoms with van der Waals surface area (Å²) in [5.41, 5.74) is 3.52. The molecule has 3 heterocycles. The van der Waals surface area contributed by atoms with Crippen molar-refractivity contribution in [1.29, 1.82) is 0 Å². The molecule has 5 rings (SSSR count). The molecule has 0 fully saturated rings. The summed E-state index contributed by atoms with van der Waals surface area (Å²) in [4.78, 5) is 25.9. The fourth-order valence-corrected chi connectivity index (χ4v) is 3.80. The molecular weight excluding hydrogens is 398 g/mol. The summed E-state index contributed by atoms with van der Waals surface area (Å²) in [7, 11) is 0. The quantitative estimate of drug-likeness (QED) is 0.499. The predicted molar refractivity (Wildman–Crippen MR) is 113 cm³/mol. The minimum Gasteiger partial charge on any atom is -0.492 e. The van der Waals surface area contributed by atoms with Gasteiger partial charge in [-0.2, -0.15) is 5.10 Å². The summed E-state index contributed by atoms with van der Waals surface area (Å²) in [5, 5.41) is 13.6. The molecule has 2 N–H and O–H groups in total. The van der Waals surface area contributed by atoms with E-state index in [1.807, 2.05) is 42.5 Å². The smallest absolute Gasteiger partial charge is 0.304 e. The molecule has 0 saturated heterocycles. The minimum absolute atomic E-state index is 0.0288. The Labute approximate surface area is 176 Å². The van der Waals surface area contributed by atoms with Gasteiger partial charge in [0.25, 0.3) is 5.56 Å². The second kappa shape index (κ2) is 7.64. The predicted octanol–water partition coefficient (Wildman–Crippen LogP) is 3.22. The maximum Gasteiger partial charge on any atom is 0.304 e. The van der Waals surface area contributed by atoms with Gasteiger partial charge in [0.1, 0.15) is 23.8 Å². The van der Waals surface area contributed by atoms with Gasteiger partial charge < -0.3 is 19.6 Å². The van der Waals surface area contributed by atoms with Gasteiger partial charge >= 0.3 is 5.97 Å². The monoisotopic (exact) mass is 417 g/mol. The Morgan fingerprint density at radius 1 is 1.19 bits per heavy atom. The van der Waals surface area contributed by atoms with Crippen molar-refractivity contribution in [3.63, 3.8) is 0 Å². The minimum atomic E-state index is -0.853. The van der Waals surface area contributed by atoms with Crippen LogP contribution in [0.4, 0.5) is 0 Å². The van der Waals surface area contributed by atoms with Crippen molar-refractivity contribution in [1.82, 2.24) is 14.6 Å². The zero-order chi connectivity index (χ0) is 21.4. The number of hydrogen-bond acceptors (Lipinski definition) is 5. The van der Waals surface area contributed by atoms with E-state index in [1.165, 1.54) is 6.07 Å². The maximum atomic E-state index is 12.1. The highest BCUT2D eigenvalue weighted by atomic mass is 16.5. The second-order valence-electron chi connectivity index (χ2n) is 7.41. The summed E-state index contributed by atoms with van der Waals surface area (Å²) in [6.45, 7) is 0.475. The van der Waals surface area contributed by atoms with E-state index in [-0.39, 0.29) is 24.5 Å². The summed E-state index contributed by atoms with van der Waals surface area (Å²) >= 11 is 0. The van der Waals surface area contributed by atoms with E-state index < -0.39 is 5.97 Å². The van der Waals surface area contributed by atoms with E-state index in [2.05, 4.69) is 10.1 Å². The Balaban J connectivity index is 1.39. The molecule has 0 radical (unpaired) electrons. The van der Waals surface area contributed by atoms with Crippen molar-refractivity contribution < 1.29 is 19.4 Å². The Morgan fingerprint density at radius 2 is 2.03 bits per heavy atom. The first-order chi connectivity index (χ1) is 15.1. The van der Waals surface area contributed by atoms with Gasteiger partial charge in [-0.3, -0.25) is 9.59 Å². The van der Waals surface area contributed by atoms with Gasteiger partial charge in [-0.15, -0.1) is 0 Å².